The Morgan fingerprint density at radius 2 is 2.09 bits per heavy atom. The number of ether oxygens (including phenoxy) is 1. The minimum atomic E-state index is -0.509. The smallest absolute Gasteiger partial charge is 0.411 e. The molecule has 0 N–H and O–H groups in total. The minimum absolute atomic E-state index is 0.0275. The van der Waals surface area contributed by atoms with E-state index in [-0.39, 0.29) is 24.0 Å². The number of carbonyl (C=O) groups excluding carboxylic acids is 1. The fourth-order valence-corrected chi connectivity index (χ4v) is 3.37. The van der Waals surface area contributed by atoms with E-state index in [0.29, 0.717) is 12.1 Å². The summed E-state index contributed by atoms with van der Waals surface area (Å²) in [7, 11) is 0. The topological polar surface area (TPSA) is 42.4 Å². The highest BCUT2D eigenvalue weighted by Gasteiger charge is 2.42. The summed E-state index contributed by atoms with van der Waals surface area (Å²) in [5.74, 6) is -0.299. The van der Waals surface area contributed by atoms with Gasteiger partial charge in [0, 0.05) is 11.7 Å². The second-order valence-corrected chi connectivity index (χ2v) is 7.37. The van der Waals surface area contributed by atoms with E-state index in [0.717, 1.165) is 24.1 Å². The maximum Gasteiger partial charge on any atom is 0.411 e. The lowest BCUT2D eigenvalue weighted by Crippen LogP contribution is -2.45. The number of nitrogens with zero attached hydrogens (tertiary/aromatic N) is 2. The Labute approximate surface area is 136 Å². The Kier molecular flexibility index (Phi) is 3.90. The molecular formula is C18H23FN2O2. The van der Waals surface area contributed by atoms with Crippen LogP contribution >= 0.6 is 0 Å². The number of carbonyl (C=O) groups is 1. The van der Waals surface area contributed by atoms with Gasteiger partial charge in [0.1, 0.15) is 17.1 Å². The fourth-order valence-electron chi connectivity index (χ4n) is 3.37. The SMILES string of the molecule is Cc1ccc(F)c(C2=CC3CCC(C2)N3C(=O)OC(C)(C)C)n1. The molecule has 2 aliphatic rings. The predicted octanol–water partition coefficient (Wildman–Crippen LogP) is 4.08. The van der Waals surface area contributed by atoms with Crippen LogP contribution in [0.5, 0.6) is 0 Å². The van der Waals surface area contributed by atoms with Gasteiger partial charge in [-0.15, -0.1) is 0 Å². The third-order valence-electron chi connectivity index (χ3n) is 4.29. The van der Waals surface area contributed by atoms with Gasteiger partial charge >= 0.3 is 6.09 Å². The van der Waals surface area contributed by atoms with Crippen LogP contribution in [0.1, 0.15) is 51.4 Å². The molecule has 124 valence electrons. The first-order valence-electron chi connectivity index (χ1n) is 8.10. The van der Waals surface area contributed by atoms with Crippen molar-refractivity contribution in [2.75, 3.05) is 0 Å². The molecule has 0 saturated carbocycles. The van der Waals surface area contributed by atoms with Crippen LogP contribution in [-0.2, 0) is 4.74 Å². The van der Waals surface area contributed by atoms with Gasteiger partial charge in [-0.2, -0.15) is 0 Å². The van der Waals surface area contributed by atoms with Gasteiger partial charge in [0.05, 0.1) is 6.04 Å². The zero-order valence-electron chi connectivity index (χ0n) is 14.1. The quantitative estimate of drug-likeness (QED) is 0.783. The van der Waals surface area contributed by atoms with Crippen LogP contribution in [0.25, 0.3) is 5.57 Å². The highest BCUT2D eigenvalue weighted by molar-refractivity contribution is 5.74. The molecule has 2 atom stereocenters. The van der Waals surface area contributed by atoms with Crippen molar-refractivity contribution < 1.29 is 13.9 Å². The summed E-state index contributed by atoms with van der Waals surface area (Å²) in [6.45, 7) is 7.45. The molecule has 1 amide bonds. The van der Waals surface area contributed by atoms with Crippen molar-refractivity contribution in [1.82, 2.24) is 9.88 Å². The molecule has 3 rings (SSSR count). The third-order valence-corrected chi connectivity index (χ3v) is 4.29. The van der Waals surface area contributed by atoms with Crippen molar-refractivity contribution >= 4 is 11.7 Å². The van der Waals surface area contributed by atoms with Crippen LogP contribution in [0, 0.1) is 12.7 Å². The summed E-state index contributed by atoms with van der Waals surface area (Å²) in [6, 6.07) is 3.17. The number of halogens is 1. The minimum Gasteiger partial charge on any atom is -0.444 e. The summed E-state index contributed by atoms with van der Waals surface area (Å²) < 4.78 is 19.6. The van der Waals surface area contributed by atoms with E-state index in [1.807, 2.05) is 38.7 Å². The summed E-state index contributed by atoms with van der Waals surface area (Å²) >= 11 is 0. The molecule has 3 heterocycles. The monoisotopic (exact) mass is 318 g/mol. The molecule has 2 aliphatic heterocycles. The van der Waals surface area contributed by atoms with E-state index in [9.17, 15) is 9.18 Å². The van der Waals surface area contributed by atoms with Gasteiger partial charge in [0.25, 0.3) is 0 Å². The molecule has 5 heteroatoms. The van der Waals surface area contributed by atoms with Crippen molar-refractivity contribution in [3.63, 3.8) is 0 Å². The van der Waals surface area contributed by atoms with E-state index in [4.69, 9.17) is 4.74 Å². The molecule has 0 radical (unpaired) electrons. The van der Waals surface area contributed by atoms with Gasteiger partial charge < -0.3 is 4.74 Å². The number of rotatable bonds is 1. The Hall–Kier alpha value is -1.91. The van der Waals surface area contributed by atoms with E-state index in [2.05, 4.69) is 4.98 Å². The molecule has 0 aliphatic carbocycles. The number of hydrogen-bond acceptors (Lipinski definition) is 3. The van der Waals surface area contributed by atoms with Crippen LogP contribution in [-0.4, -0.2) is 33.7 Å². The third kappa shape index (κ3) is 3.23. The average molecular weight is 318 g/mol. The van der Waals surface area contributed by atoms with Gasteiger partial charge in [-0.3, -0.25) is 9.88 Å². The van der Waals surface area contributed by atoms with Gasteiger partial charge in [0.15, 0.2) is 0 Å². The second-order valence-electron chi connectivity index (χ2n) is 7.37. The zero-order valence-corrected chi connectivity index (χ0v) is 14.1. The van der Waals surface area contributed by atoms with Gasteiger partial charge in [-0.25, -0.2) is 9.18 Å². The fraction of sp³-hybridized carbons (Fsp3) is 0.556. The normalized spacial score (nSPS) is 23.7. The molecular weight excluding hydrogens is 295 g/mol. The standard InChI is InChI=1S/C18H23FN2O2/c1-11-5-8-15(19)16(20-11)12-9-13-6-7-14(10-12)21(13)17(22)23-18(2,3)4/h5,8-9,13-14H,6-7,10H2,1-4H3. The largest absolute Gasteiger partial charge is 0.444 e. The summed E-state index contributed by atoms with van der Waals surface area (Å²) in [6.07, 6.45) is 4.14. The van der Waals surface area contributed by atoms with E-state index in [1.54, 1.807) is 6.07 Å². The predicted molar refractivity (Wildman–Crippen MR) is 86.4 cm³/mol. The molecule has 2 unspecified atom stereocenters. The Bertz CT molecular complexity index is 663. The second kappa shape index (κ2) is 5.62. The van der Waals surface area contributed by atoms with E-state index in [1.165, 1.54) is 6.07 Å². The van der Waals surface area contributed by atoms with Crippen molar-refractivity contribution in [1.29, 1.82) is 0 Å². The number of amides is 1. The van der Waals surface area contributed by atoms with E-state index >= 15 is 0 Å². The average Bonchev–Trinajstić information content (AvgIpc) is 2.71. The molecule has 1 saturated heterocycles. The van der Waals surface area contributed by atoms with Gasteiger partial charge in [-0.1, -0.05) is 6.08 Å². The van der Waals surface area contributed by atoms with Crippen LogP contribution in [0.15, 0.2) is 18.2 Å². The van der Waals surface area contributed by atoms with Crippen molar-refractivity contribution in [2.24, 2.45) is 0 Å². The van der Waals surface area contributed by atoms with Gasteiger partial charge in [-0.05, 0) is 64.7 Å². The number of aryl methyl sites for hydroxylation is 1. The van der Waals surface area contributed by atoms with Crippen molar-refractivity contribution in [2.45, 2.75) is 64.6 Å². The van der Waals surface area contributed by atoms with Gasteiger partial charge in [0.2, 0.25) is 0 Å². The van der Waals surface area contributed by atoms with Crippen LogP contribution in [0.3, 0.4) is 0 Å². The molecule has 23 heavy (non-hydrogen) atoms. The molecule has 0 aromatic carbocycles. The van der Waals surface area contributed by atoms with Crippen LogP contribution < -0.4 is 0 Å². The first-order chi connectivity index (χ1) is 10.7. The maximum atomic E-state index is 14.1. The van der Waals surface area contributed by atoms with E-state index < -0.39 is 5.60 Å². The zero-order chi connectivity index (χ0) is 16.8. The highest BCUT2D eigenvalue weighted by Crippen LogP contribution is 2.39. The molecule has 1 aromatic rings. The molecule has 1 fully saturated rings. The first-order valence-corrected chi connectivity index (χ1v) is 8.10. The Morgan fingerprint density at radius 1 is 1.35 bits per heavy atom. The van der Waals surface area contributed by atoms with Crippen LogP contribution in [0.2, 0.25) is 0 Å². The summed E-state index contributed by atoms with van der Waals surface area (Å²) in [5, 5.41) is 0. The molecule has 0 spiro atoms. The lowest BCUT2D eigenvalue weighted by atomic mass is 9.98. The van der Waals surface area contributed by atoms with Crippen molar-refractivity contribution in [3.05, 3.63) is 35.4 Å². The number of aromatic nitrogens is 1. The van der Waals surface area contributed by atoms with Crippen molar-refractivity contribution in [3.8, 4) is 0 Å². The maximum absolute atomic E-state index is 14.1. The summed E-state index contributed by atoms with van der Waals surface area (Å²) in [5.41, 5.74) is 1.61. The number of pyridine rings is 1. The molecule has 2 bridgehead atoms. The Morgan fingerprint density at radius 3 is 2.74 bits per heavy atom. The first kappa shape index (κ1) is 16.0. The van der Waals surface area contributed by atoms with Crippen LogP contribution in [0.4, 0.5) is 9.18 Å². The Balaban J connectivity index is 1.86. The number of hydrogen-bond donors (Lipinski definition) is 0. The highest BCUT2D eigenvalue weighted by atomic mass is 19.1. The lowest BCUT2D eigenvalue weighted by molar-refractivity contribution is 0.0175. The summed E-state index contributed by atoms with van der Waals surface area (Å²) in [4.78, 5) is 18.6. The lowest BCUT2D eigenvalue weighted by Gasteiger charge is -2.35. The molecule has 4 nitrogen and oxygen atoms in total. The molecule has 1 aromatic heterocycles. The number of fused-ring (bicyclic) bond motifs is 2.